The molecular formula is C16H16BrN3. The van der Waals surface area contributed by atoms with E-state index < -0.39 is 0 Å². The van der Waals surface area contributed by atoms with Crippen LogP contribution >= 0.6 is 15.9 Å². The minimum Gasteiger partial charge on any atom is -0.377 e. The Morgan fingerprint density at radius 1 is 1.10 bits per heavy atom. The fourth-order valence-corrected chi connectivity index (χ4v) is 2.97. The molecule has 0 saturated carbocycles. The van der Waals surface area contributed by atoms with Crippen molar-refractivity contribution in [2.24, 2.45) is 0 Å². The summed E-state index contributed by atoms with van der Waals surface area (Å²) in [4.78, 5) is 4.58. The number of hydrogen-bond acceptors (Lipinski definition) is 2. The molecule has 0 amide bonds. The zero-order valence-corrected chi connectivity index (χ0v) is 13.1. The Bertz CT molecular complexity index is 741. The van der Waals surface area contributed by atoms with Gasteiger partial charge in [0.1, 0.15) is 10.4 Å². The van der Waals surface area contributed by atoms with Gasteiger partial charge in [0.15, 0.2) is 0 Å². The molecule has 0 spiro atoms. The summed E-state index contributed by atoms with van der Waals surface area (Å²) in [5.74, 6) is 0.995. The number of fused-ring (bicyclic) bond motifs is 1. The highest BCUT2D eigenvalue weighted by molar-refractivity contribution is 9.10. The number of nitrogens with zero attached hydrogens (tertiary/aromatic N) is 2. The Hall–Kier alpha value is -1.81. The highest BCUT2D eigenvalue weighted by Crippen LogP contribution is 2.22. The lowest BCUT2D eigenvalue weighted by Crippen LogP contribution is -2.06. The molecule has 0 aliphatic carbocycles. The van der Waals surface area contributed by atoms with Gasteiger partial charge in [-0.05, 0) is 53.0 Å². The third-order valence-electron chi connectivity index (χ3n) is 3.48. The highest BCUT2D eigenvalue weighted by Gasteiger charge is 2.09. The van der Waals surface area contributed by atoms with Gasteiger partial charge in [-0.15, -0.1) is 0 Å². The number of aryl methyl sites for hydroxylation is 2. The first kappa shape index (κ1) is 13.2. The van der Waals surface area contributed by atoms with Crippen molar-refractivity contribution in [2.75, 3.05) is 5.32 Å². The molecule has 0 radical (unpaired) electrons. The molecule has 0 fully saturated rings. The lowest BCUT2D eigenvalue weighted by Gasteiger charge is -2.12. The Morgan fingerprint density at radius 3 is 2.60 bits per heavy atom. The molecule has 0 unspecified atom stereocenters. The van der Waals surface area contributed by atoms with Gasteiger partial charge in [-0.3, -0.25) is 0 Å². The van der Waals surface area contributed by atoms with Gasteiger partial charge in [0.25, 0.3) is 0 Å². The summed E-state index contributed by atoms with van der Waals surface area (Å²) in [6.45, 7) is 4.94. The maximum atomic E-state index is 4.58. The van der Waals surface area contributed by atoms with E-state index in [1.807, 2.05) is 18.3 Å². The number of hydrogen-bond donors (Lipinski definition) is 1. The first-order chi connectivity index (χ1) is 9.66. The van der Waals surface area contributed by atoms with E-state index in [0.29, 0.717) is 6.54 Å². The van der Waals surface area contributed by atoms with Gasteiger partial charge in [-0.1, -0.05) is 24.3 Å². The summed E-state index contributed by atoms with van der Waals surface area (Å²) in [5.41, 5.74) is 4.79. The molecule has 2 aromatic heterocycles. The Kier molecular flexibility index (Phi) is 3.49. The minimum atomic E-state index is 0.697. The van der Waals surface area contributed by atoms with E-state index in [1.54, 1.807) is 0 Å². The minimum absolute atomic E-state index is 0.697. The van der Waals surface area contributed by atoms with Gasteiger partial charge in [0, 0.05) is 11.9 Å². The van der Waals surface area contributed by atoms with Gasteiger partial charge >= 0.3 is 0 Å². The molecule has 102 valence electrons. The predicted octanol–water partition coefficient (Wildman–Crippen LogP) is 4.33. The Labute approximate surface area is 126 Å². The van der Waals surface area contributed by atoms with Crippen LogP contribution in [0.1, 0.15) is 17.0 Å². The number of rotatable bonds is 3. The number of imidazole rings is 1. The van der Waals surface area contributed by atoms with Gasteiger partial charge in [-0.2, -0.15) is 0 Å². The zero-order valence-electron chi connectivity index (χ0n) is 11.5. The topological polar surface area (TPSA) is 29.3 Å². The molecule has 20 heavy (non-hydrogen) atoms. The van der Waals surface area contributed by atoms with E-state index in [-0.39, 0.29) is 0 Å². The van der Waals surface area contributed by atoms with Crippen LogP contribution in [0.5, 0.6) is 0 Å². The van der Waals surface area contributed by atoms with Crippen molar-refractivity contribution >= 4 is 27.1 Å². The molecule has 3 rings (SSSR count). The first-order valence-corrected chi connectivity index (χ1v) is 7.37. The van der Waals surface area contributed by atoms with Crippen molar-refractivity contribution in [1.29, 1.82) is 0 Å². The van der Waals surface area contributed by atoms with Crippen molar-refractivity contribution < 1.29 is 0 Å². The molecule has 2 heterocycles. The van der Waals surface area contributed by atoms with Crippen LogP contribution in [-0.2, 0) is 6.54 Å². The second-order valence-corrected chi connectivity index (χ2v) is 5.65. The summed E-state index contributed by atoms with van der Waals surface area (Å²) in [5, 5.41) is 3.50. The molecule has 4 heteroatoms. The van der Waals surface area contributed by atoms with E-state index >= 15 is 0 Å². The van der Waals surface area contributed by atoms with Crippen LogP contribution in [-0.4, -0.2) is 9.38 Å². The molecule has 0 bridgehead atoms. The summed E-state index contributed by atoms with van der Waals surface area (Å²) in [6, 6.07) is 12.4. The standard InChI is InChI=1S/C16H16BrN3/c1-11-6-5-7-12(2)15(11)18-10-14-19-16(17)13-8-3-4-9-20(13)14/h3-9,18H,10H2,1-2H3. The van der Waals surface area contributed by atoms with E-state index in [1.165, 1.54) is 16.8 Å². The highest BCUT2D eigenvalue weighted by atomic mass is 79.9. The molecule has 0 atom stereocenters. The van der Waals surface area contributed by atoms with Crippen molar-refractivity contribution in [3.8, 4) is 0 Å². The van der Waals surface area contributed by atoms with Crippen LogP contribution in [0.15, 0.2) is 47.2 Å². The third kappa shape index (κ3) is 2.31. The summed E-state index contributed by atoms with van der Waals surface area (Å²) >= 11 is 3.51. The number of para-hydroxylation sites is 1. The van der Waals surface area contributed by atoms with Crippen molar-refractivity contribution in [3.63, 3.8) is 0 Å². The lowest BCUT2D eigenvalue weighted by molar-refractivity contribution is 0.937. The van der Waals surface area contributed by atoms with E-state index in [4.69, 9.17) is 0 Å². The molecule has 0 aliphatic rings. The van der Waals surface area contributed by atoms with Crippen LogP contribution in [0.3, 0.4) is 0 Å². The smallest absolute Gasteiger partial charge is 0.134 e. The van der Waals surface area contributed by atoms with Gasteiger partial charge in [0.05, 0.1) is 12.1 Å². The maximum absolute atomic E-state index is 4.58. The molecule has 0 saturated heterocycles. The summed E-state index contributed by atoms with van der Waals surface area (Å²) < 4.78 is 2.99. The summed E-state index contributed by atoms with van der Waals surface area (Å²) in [7, 11) is 0. The monoisotopic (exact) mass is 329 g/mol. The van der Waals surface area contributed by atoms with Crippen LogP contribution in [0, 0.1) is 13.8 Å². The predicted molar refractivity (Wildman–Crippen MR) is 86.1 cm³/mol. The van der Waals surface area contributed by atoms with Crippen molar-refractivity contribution in [1.82, 2.24) is 9.38 Å². The second-order valence-electron chi connectivity index (χ2n) is 4.90. The fourth-order valence-electron chi connectivity index (χ4n) is 2.45. The van der Waals surface area contributed by atoms with E-state index in [2.05, 4.69) is 68.7 Å². The normalized spacial score (nSPS) is 10.9. The summed E-state index contributed by atoms with van der Waals surface area (Å²) in [6.07, 6.45) is 2.04. The molecule has 3 nitrogen and oxygen atoms in total. The fraction of sp³-hybridized carbons (Fsp3) is 0.188. The molecular weight excluding hydrogens is 314 g/mol. The van der Waals surface area contributed by atoms with Gasteiger partial charge in [0.2, 0.25) is 0 Å². The third-order valence-corrected chi connectivity index (χ3v) is 4.06. The van der Waals surface area contributed by atoms with Crippen molar-refractivity contribution in [2.45, 2.75) is 20.4 Å². The number of aromatic nitrogens is 2. The quantitative estimate of drug-likeness (QED) is 0.775. The largest absolute Gasteiger partial charge is 0.377 e. The SMILES string of the molecule is Cc1cccc(C)c1NCc1nc(Br)c2ccccn12. The number of halogens is 1. The van der Waals surface area contributed by atoms with E-state index in [9.17, 15) is 0 Å². The zero-order chi connectivity index (χ0) is 14.1. The number of nitrogens with one attached hydrogen (secondary N) is 1. The average molecular weight is 330 g/mol. The number of anilines is 1. The van der Waals surface area contributed by atoms with E-state index in [0.717, 1.165) is 15.9 Å². The second kappa shape index (κ2) is 5.29. The number of benzene rings is 1. The van der Waals surface area contributed by atoms with Crippen LogP contribution < -0.4 is 5.32 Å². The van der Waals surface area contributed by atoms with Crippen molar-refractivity contribution in [3.05, 3.63) is 64.1 Å². The molecule has 1 aromatic carbocycles. The van der Waals surface area contributed by atoms with Crippen LogP contribution in [0.25, 0.3) is 5.52 Å². The Morgan fingerprint density at radius 2 is 1.85 bits per heavy atom. The maximum Gasteiger partial charge on any atom is 0.134 e. The lowest BCUT2D eigenvalue weighted by atomic mass is 10.1. The first-order valence-electron chi connectivity index (χ1n) is 6.58. The molecule has 0 aliphatic heterocycles. The molecule has 1 N–H and O–H groups in total. The Balaban J connectivity index is 1.91. The molecule has 3 aromatic rings. The van der Waals surface area contributed by atoms with Gasteiger partial charge < -0.3 is 9.72 Å². The van der Waals surface area contributed by atoms with Crippen LogP contribution in [0.2, 0.25) is 0 Å². The average Bonchev–Trinajstić information content (AvgIpc) is 2.76. The van der Waals surface area contributed by atoms with Crippen LogP contribution in [0.4, 0.5) is 5.69 Å². The van der Waals surface area contributed by atoms with Gasteiger partial charge in [-0.25, -0.2) is 4.98 Å². The number of pyridine rings is 1.